The molecule has 1 amide bonds. The molecule has 0 aliphatic carbocycles. The smallest absolute Gasteiger partial charge is 0.286 e. The molecule has 0 unspecified atom stereocenters. The summed E-state index contributed by atoms with van der Waals surface area (Å²) in [5, 5.41) is 26.1. The fraction of sp³-hybridized carbons (Fsp3) is 0.0870. The standard InChI is InChI=1S/C23H20N2O3S2/c1-3-7-15-9-5-11-17(20(15)26)13-19-22(28)25(23(29)30-19)24-14-18-12-6-10-16(8-4-2)21(18)27/h3-6,9-14,26-27H,1-2,7-8H2/b19-13-,24-14+. The maximum atomic E-state index is 12.8. The number of amides is 1. The van der Waals surface area contributed by atoms with Crippen LogP contribution in [0.5, 0.6) is 11.5 Å². The van der Waals surface area contributed by atoms with Crippen LogP contribution in [0.2, 0.25) is 0 Å². The van der Waals surface area contributed by atoms with E-state index in [0.29, 0.717) is 34.4 Å². The molecule has 0 saturated carbocycles. The summed E-state index contributed by atoms with van der Waals surface area (Å²) in [4.78, 5) is 13.1. The third-order valence-electron chi connectivity index (χ3n) is 4.40. The molecule has 0 radical (unpaired) electrons. The Morgan fingerprint density at radius 2 is 1.57 bits per heavy atom. The number of benzene rings is 2. The van der Waals surface area contributed by atoms with E-state index in [1.165, 1.54) is 6.21 Å². The topological polar surface area (TPSA) is 73.1 Å². The van der Waals surface area contributed by atoms with E-state index in [1.807, 2.05) is 6.07 Å². The Bertz CT molecular complexity index is 1090. The van der Waals surface area contributed by atoms with E-state index in [-0.39, 0.29) is 15.8 Å². The molecule has 1 fully saturated rings. The fourth-order valence-electron chi connectivity index (χ4n) is 2.90. The molecule has 0 spiro atoms. The number of allylic oxidation sites excluding steroid dienone is 2. The van der Waals surface area contributed by atoms with Crippen molar-refractivity contribution in [1.29, 1.82) is 0 Å². The maximum Gasteiger partial charge on any atom is 0.286 e. The molecular formula is C23H20N2O3S2. The largest absolute Gasteiger partial charge is 0.507 e. The van der Waals surface area contributed by atoms with Gasteiger partial charge in [-0.2, -0.15) is 10.1 Å². The summed E-state index contributed by atoms with van der Waals surface area (Å²) in [5.74, 6) is -0.197. The van der Waals surface area contributed by atoms with Gasteiger partial charge in [0.15, 0.2) is 4.32 Å². The highest BCUT2D eigenvalue weighted by Crippen LogP contribution is 2.35. The second kappa shape index (κ2) is 9.56. The van der Waals surface area contributed by atoms with Crippen molar-refractivity contribution >= 4 is 46.5 Å². The first-order chi connectivity index (χ1) is 14.5. The molecule has 1 aliphatic rings. The first-order valence-corrected chi connectivity index (χ1v) is 10.3. The summed E-state index contributed by atoms with van der Waals surface area (Å²) in [6, 6.07) is 10.6. The molecule has 1 aliphatic heterocycles. The van der Waals surface area contributed by atoms with Crippen molar-refractivity contribution in [1.82, 2.24) is 5.01 Å². The van der Waals surface area contributed by atoms with E-state index in [9.17, 15) is 15.0 Å². The van der Waals surface area contributed by atoms with Gasteiger partial charge in [-0.1, -0.05) is 54.2 Å². The molecule has 2 N–H and O–H groups in total. The molecule has 1 heterocycles. The third-order valence-corrected chi connectivity index (χ3v) is 5.69. The Hall–Kier alpha value is -3.16. The van der Waals surface area contributed by atoms with Crippen molar-refractivity contribution in [2.45, 2.75) is 12.8 Å². The van der Waals surface area contributed by atoms with Gasteiger partial charge in [-0.05, 0) is 48.3 Å². The number of thioether (sulfide) groups is 1. The van der Waals surface area contributed by atoms with Crippen LogP contribution in [0.1, 0.15) is 22.3 Å². The van der Waals surface area contributed by atoms with Gasteiger partial charge in [0.2, 0.25) is 0 Å². The zero-order valence-electron chi connectivity index (χ0n) is 16.1. The first kappa shape index (κ1) is 21.5. The average molecular weight is 437 g/mol. The van der Waals surface area contributed by atoms with Gasteiger partial charge in [0, 0.05) is 11.1 Å². The minimum absolute atomic E-state index is 0.0890. The molecule has 2 aromatic carbocycles. The van der Waals surface area contributed by atoms with Crippen LogP contribution in [-0.4, -0.2) is 31.7 Å². The number of hydrogen-bond donors (Lipinski definition) is 2. The lowest BCUT2D eigenvalue weighted by atomic mass is 10.1. The third kappa shape index (κ3) is 4.53. The van der Waals surface area contributed by atoms with E-state index < -0.39 is 5.91 Å². The average Bonchev–Trinajstić information content (AvgIpc) is 2.99. The van der Waals surface area contributed by atoms with Crippen molar-refractivity contribution in [3.05, 3.63) is 88.9 Å². The van der Waals surface area contributed by atoms with E-state index >= 15 is 0 Å². The highest BCUT2D eigenvalue weighted by molar-refractivity contribution is 8.26. The number of aromatic hydroxyl groups is 2. The Kier molecular flexibility index (Phi) is 6.87. The van der Waals surface area contributed by atoms with E-state index in [4.69, 9.17) is 12.2 Å². The van der Waals surface area contributed by atoms with Crippen LogP contribution >= 0.6 is 24.0 Å². The zero-order chi connectivity index (χ0) is 21.7. The van der Waals surface area contributed by atoms with Crippen molar-refractivity contribution < 1.29 is 15.0 Å². The molecule has 7 heteroatoms. The van der Waals surface area contributed by atoms with Crippen LogP contribution < -0.4 is 0 Å². The van der Waals surface area contributed by atoms with Crippen LogP contribution in [0, 0.1) is 0 Å². The molecule has 5 nitrogen and oxygen atoms in total. The van der Waals surface area contributed by atoms with Crippen LogP contribution in [-0.2, 0) is 17.6 Å². The Morgan fingerprint density at radius 1 is 1.00 bits per heavy atom. The molecule has 30 heavy (non-hydrogen) atoms. The summed E-state index contributed by atoms with van der Waals surface area (Å²) >= 11 is 6.39. The van der Waals surface area contributed by atoms with Crippen LogP contribution in [0.3, 0.4) is 0 Å². The Morgan fingerprint density at radius 3 is 2.17 bits per heavy atom. The van der Waals surface area contributed by atoms with E-state index in [2.05, 4.69) is 18.3 Å². The number of carbonyl (C=O) groups is 1. The van der Waals surface area contributed by atoms with Gasteiger partial charge in [-0.25, -0.2) is 0 Å². The number of carbonyl (C=O) groups excluding carboxylic acids is 1. The molecule has 0 bridgehead atoms. The van der Waals surface area contributed by atoms with Crippen molar-refractivity contribution in [3.8, 4) is 11.5 Å². The molecule has 1 saturated heterocycles. The number of thiocarbonyl (C=S) groups is 1. The monoisotopic (exact) mass is 436 g/mol. The fourth-order valence-corrected chi connectivity index (χ4v) is 4.07. The van der Waals surface area contributed by atoms with Gasteiger partial charge in [0.1, 0.15) is 11.5 Å². The molecular weight excluding hydrogens is 416 g/mol. The van der Waals surface area contributed by atoms with Crippen LogP contribution in [0.25, 0.3) is 6.08 Å². The second-order valence-corrected chi connectivity index (χ2v) is 8.11. The normalized spacial score (nSPS) is 15.3. The van der Waals surface area contributed by atoms with Gasteiger partial charge in [-0.15, -0.1) is 13.2 Å². The molecule has 152 valence electrons. The first-order valence-electron chi connectivity index (χ1n) is 9.11. The lowest BCUT2D eigenvalue weighted by Gasteiger charge is -2.08. The highest BCUT2D eigenvalue weighted by Gasteiger charge is 2.32. The van der Waals surface area contributed by atoms with Gasteiger partial charge in [-0.3, -0.25) is 4.79 Å². The van der Waals surface area contributed by atoms with Gasteiger partial charge >= 0.3 is 0 Å². The summed E-state index contributed by atoms with van der Waals surface area (Å²) in [6.07, 6.45) is 7.43. The SMILES string of the molecule is C=CCc1cccc(/C=C2\SC(=S)N(/N=C/c3cccc(CC=C)c3O)C2=O)c1O. The van der Waals surface area contributed by atoms with Gasteiger partial charge < -0.3 is 10.2 Å². The number of hydrazone groups is 1. The Labute approximate surface area is 184 Å². The lowest BCUT2D eigenvalue weighted by Crippen LogP contribution is -2.22. The zero-order valence-corrected chi connectivity index (χ0v) is 17.7. The highest BCUT2D eigenvalue weighted by atomic mass is 32.2. The second-order valence-electron chi connectivity index (χ2n) is 6.43. The predicted molar refractivity (Wildman–Crippen MR) is 127 cm³/mol. The summed E-state index contributed by atoms with van der Waals surface area (Å²) in [5.41, 5.74) is 2.44. The molecule has 3 rings (SSSR count). The van der Waals surface area contributed by atoms with E-state index in [1.54, 1.807) is 48.6 Å². The van der Waals surface area contributed by atoms with E-state index in [0.717, 1.165) is 22.3 Å². The summed E-state index contributed by atoms with van der Waals surface area (Å²) < 4.78 is 0.269. The quantitative estimate of drug-likeness (QED) is 0.283. The minimum atomic E-state index is -0.392. The summed E-state index contributed by atoms with van der Waals surface area (Å²) in [6.45, 7) is 7.36. The predicted octanol–water partition coefficient (Wildman–Crippen LogP) is 4.79. The number of hydrogen-bond acceptors (Lipinski definition) is 6. The van der Waals surface area contributed by atoms with Crippen molar-refractivity contribution in [2.24, 2.45) is 5.10 Å². The molecule has 2 aromatic rings. The number of rotatable bonds is 7. The number of phenols is 2. The lowest BCUT2D eigenvalue weighted by molar-refractivity contribution is -0.122. The summed E-state index contributed by atoms with van der Waals surface area (Å²) in [7, 11) is 0. The number of nitrogens with zero attached hydrogens (tertiary/aromatic N) is 2. The van der Waals surface area contributed by atoms with Crippen LogP contribution in [0.15, 0.2) is 71.7 Å². The van der Waals surface area contributed by atoms with Gasteiger partial charge in [0.05, 0.1) is 11.1 Å². The number of phenolic OH excluding ortho intramolecular Hbond substituents is 2. The van der Waals surface area contributed by atoms with Crippen molar-refractivity contribution in [3.63, 3.8) is 0 Å². The molecule has 0 atom stereocenters. The minimum Gasteiger partial charge on any atom is -0.507 e. The molecule has 0 aromatic heterocycles. The van der Waals surface area contributed by atoms with Gasteiger partial charge in [0.25, 0.3) is 5.91 Å². The van der Waals surface area contributed by atoms with Crippen molar-refractivity contribution in [2.75, 3.05) is 0 Å². The number of para-hydroxylation sites is 2. The maximum absolute atomic E-state index is 12.8. The Balaban J connectivity index is 1.86. The van der Waals surface area contributed by atoms with Crippen LogP contribution in [0.4, 0.5) is 0 Å².